The average molecular weight is 414 g/mol. The molecule has 1 amide bonds. The molecule has 0 saturated carbocycles. The van der Waals surface area contributed by atoms with Crippen LogP contribution in [0.5, 0.6) is 11.5 Å². The van der Waals surface area contributed by atoms with Crippen molar-refractivity contribution in [2.75, 3.05) is 33.7 Å². The van der Waals surface area contributed by atoms with Gasteiger partial charge in [-0.05, 0) is 17.7 Å². The van der Waals surface area contributed by atoms with Gasteiger partial charge in [0.05, 0.1) is 39.6 Å². The van der Waals surface area contributed by atoms with E-state index in [1.54, 1.807) is 0 Å². The van der Waals surface area contributed by atoms with Crippen molar-refractivity contribution in [3.8, 4) is 11.5 Å². The summed E-state index contributed by atoms with van der Waals surface area (Å²) in [6.07, 6.45) is 1.05. The Morgan fingerprint density at radius 3 is 2.03 bits per heavy atom. The van der Waals surface area contributed by atoms with Gasteiger partial charge >= 0.3 is 0 Å². The van der Waals surface area contributed by atoms with Crippen molar-refractivity contribution >= 4 is 5.91 Å². The van der Waals surface area contributed by atoms with Crippen molar-refractivity contribution in [1.29, 1.82) is 0 Å². The molecular weight excluding hydrogens is 384 g/mol. The number of quaternary nitrogens is 1. The highest BCUT2D eigenvalue weighted by Gasteiger charge is 2.45. The zero-order valence-corrected chi connectivity index (χ0v) is 18.2. The van der Waals surface area contributed by atoms with E-state index >= 15 is 0 Å². The van der Waals surface area contributed by atoms with Crippen molar-refractivity contribution in [3.05, 3.63) is 95.6 Å². The Labute approximate surface area is 184 Å². The number of carbonyl (C=O) groups is 1. The molecule has 5 rings (SSSR count). The number of para-hydroxylation sites is 2. The normalized spacial score (nSPS) is 16.1. The summed E-state index contributed by atoms with van der Waals surface area (Å²) in [7, 11) is 4.57. The van der Waals surface area contributed by atoms with Gasteiger partial charge in [-0.15, -0.1) is 0 Å². The van der Waals surface area contributed by atoms with Crippen LogP contribution in [0.15, 0.2) is 78.9 Å². The van der Waals surface area contributed by atoms with Crippen LogP contribution in [0.1, 0.15) is 22.6 Å². The lowest BCUT2D eigenvalue weighted by Gasteiger charge is -2.49. The molecule has 0 bridgehead atoms. The second kappa shape index (κ2) is 7.86. The molecule has 2 aliphatic heterocycles. The lowest BCUT2D eigenvalue weighted by molar-refractivity contribution is -0.919. The van der Waals surface area contributed by atoms with E-state index in [4.69, 9.17) is 4.74 Å². The molecule has 4 heteroatoms. The first-order chi connectivity index (χ1) is 15.0. The molecule has 3 aromatic rings. The summed E-state index contributed by atoms with van der Waals surface area (Å²) in [5.41, 5.74) is 3.30. The fourth-order valence-electron chi connectivity index (χ4n) is 4.68. The van der Waals surface area contributed by atoms with E-state index in [-0.39, 0.29) is 11.8 Å². The first kappa shape index (κ1) is 19.8. The van der Waals surface area contributed by atoms with Gasteiger partial charge in [-0.25, -0.2) is 0 Å². The van der Waals surface area contributed by atoms with Crippen molar-refractivity contribution in [2.45, 2.75) is 18.4 Å². The summed E-state index contributed by atoms with van der Waals surface area (Å²) in [5, 5.41) is 0. The number of hydrogen-bond donors (Lipinski definition) is 0. The second-order valence-corrected chi connectivity index (χ2v) is 9.25. The lowest BCUT2D eigenvalue weighted by Crippen LogP contribution is -2.67. The predicted octanol–water partition coefficient (Wildman–Crippen LogP) is 4.45. The van der Waals surface area contributed by atoms with Crippen LogP contribution in [0.25, 0.3) is 0 Å². The topological polar surface area (TPSA) is 29.5 Å². The quantitative estimate of drug-likeness (QED) is 0.578. The number of fused-ring (bicyclic) bond motifs is 2. The molecular formula is C27H29N2O2+. The van der Waals surface area contributed by atoms with Crippen LogP contribution < -0.4 is 4.74 Å². The molecule has 0 radical (unpaired) electrons. The molecule has 31 heavy (non-hydrogen) atoms. The van der Waals surface area contributed by atoms with Crippen LogP contribution in [-0.4, -0.2) is 55.1 Å². The molecule has 2 aliphatic rings. The van der Waals surface area contributed by atoms with Crippen LogP contribution in [0.3, 0.4) is 0 Å². The van der Waals surface area contributed by atoms with Crippen LogP contribution in [0.4, 0.5) is 0 Å². The molecule has 4 nitrogen and oxygen atoms in total. The minimum atomic E-state index is -0.290. The molecule has 0 atom stereocenters. The molecule has 1 fully saturated rings. The van der Waals surface area contributed by atoms with Crippen molar-refractivity contribution in [1.82, 2.24) is 4.90 Å². The maximum absolute atomic E-state index is 13.6. The van der Waals surface area contributed by atoms with Gasteiger partial charge in [0.15, 0.2) is 0 Å². The minimum absolute atomic E-state index is 0.183. The zero-order valence-electron chi connectivity index (χ0n) is 18.2. The molecule has 158 valence electrons. The Kier molecular flexibility index (Phi) is 5.03. The van der Waals surface area contributed by atoms with E-state index in [0.29, 0.717) is 6.04 Å². The number of benzene rings is 3. The Balaban J connectivity index is 1.29. The molecule has 0 N–H and O–H groups in total. The van der Waals surface area contributed by atoms with Crippen molar-refractivity contribution < 1.29 is 14.0 Å². The monoisotopic (exact) mass is 413 g/mol. The smallest absolute Gasteiger partial charge is 0.235 e. The van der Waals surface area contributed by atoms with Crippen LogP contribution >= 0.6 is 0 Å². The van der Waals surface area contributed by atoms with Crippen LogP contribution in [-0.2, 0) is 11.2 Å². The van der Waals surface area contributed by atoms with Gasteiger partial charge in [0, 0.05) is 17.5 Å². The fraction of sp³-hybridized carbons (Fsp3) is 0.296. The van der Waals surface area contributed by atoms with Gasteiger partial charge in [-0.2, -0.15) is 0 Å². The third-order valence-electron chi connectivity index (χ3n) is 6.91. The summed E-state index contributed by atoms with van der Waals surface area (Å²) in [6, 6.07) is 26.9. The summed E-state index contributed by atoms with van der Waals surface area (Å²) >= 11 is 0. The Morgan fingerprint density at radius 1 is 0.871 bits per heavy atom. The molecule has 0 aliphatic carbocycles. The maximum Gasteiger partial charge on any atom is 0.235 e. The molecule has 0 aromatic heterocycles. The molecule has 3 aromatic carbocycles. The lowest BCUT2D eigenvalue weighted by atomic mass is 9.85. The van der Waals surface area contributed by atoms with Crippen molar-refractivity contribution in [2.24, 2.45) is 0 Å². The Bertz CT molecular complexity index is 1040. The van der Waals surface area contributed by atoms with Crippen molar-refractivity contribution in [3.63, 3.8) is 0 Å². The standard InChI is InChI=1S/C27H29N2O2/c1-29(2,17-16-20-10-4-3-5-11-20)21-18-28(19-21)27(30)26-22-12-6-8-14-24(22)31-25-15-9-7-13-23(25)26/h3-15,21,26H,16-19H2,1-2H3/q+1. The maximum atomic E-state index is 13.6. The SMILES string of the molecule is C[N+](C)(CCc1ccccc1)C1CN(C(=O)C2c3ccccc3Oc3ccccc32)C1. The largest absolute Gasteiger partial charge is 0.457 e. The zero-order chi connectivity index (χ0) is 21.4. The third-order valence-corrected chi connectivity index (χ3v) is 6.91. The van der Waals surface area contributed by atoms with Gasteiger partial charge in [0.2, 0.25) is 5.91 Å². The summed E-state index contributed by atoms with van der Waals surface area (Å²) in [4.78, 5) is 15.6. The number of rotatable bonds is 5. The van der Waals surface area contributed by atoms with Gasteiger partial charge in [-0.3, -0.25) is 4.79 Å². The third kappa shape index (κ3) is 3.72. The fourth-order valence-corrected chi connectivity index (χ4v) is 4.68. The molecule has 0 spiro atoms. The Morgan fingerprint density at radius 2 is 1.42 bits per heavy atom. The van der Waals surface area contributed by atoms with Gasteiger partial charge in [-0.1, -0.05) is 66.7 Å². The highest BCUT2D eigenvalue weighted by molar-refractivity contribution is 5.90. The molecule has 2 heterocycles. The Hall–Kier alpha value is -3.11. The molecule has 0 unspecified atom stereocenters. The summed E-state index contributed by atoms with van der Waals surface area (Å²) in [5.74, 6) is 1.47. The average Bonchev–Trinajstić information content (AvgIpc) is 2.75. The summed E-state index contributed by atoms with van der Waals surface area (Å²) in [6.45, 7) is 2.68. The van der Waals surface area contributed by atoms with Crippen LogP contribution in [0, 0.1) is 0 Å². The highest BCUT2D eigenvalue weighted by Crippen LogP contribution is 2.45. The van der Waals surface area contributed by atoms with Crippen LogP contribution in [0.2, 0.25) is 0 Å². The van der Waals surface area contributed by atoms with E-state index in [0.717, 1.165) is 53.2 Å². The van der Waals surface area contributed by atoms with Gasteiger partial charge in [0.25, 0.3) is 0 Å². The number of carbonyl (C=O) groups excluding carboxylic acids is 1. The predicted molar refractivity (Wildman–Crippen MR) is 122 cm³/mol. The highest BCUT2D eigenvalue weighted by atomic mass is 16.5. The van der Waals surface area contributed by atoms with E-state index in [2.05, 4.69) is 44.4 Å². The van der Waals surface area contributed by atoms with E-state index < -0.39 is 0 Å². The number of ether oxygens (including phenoxy) is 1. The summed E-state index contributed by atoms with van der Waals surface area (Å²) < 4.78 is 6.99. The first-order valence-electron chi connectivity index (χ1n) is 11.0. The number of likely N-dealkylation sites (N-methyl/N-ethyl adjacent to an activating group) is 1. The number of amides is 1. The number of likely N-dealkylation sites (tertiary alicyclic amines) is 1. The number of hydrogen-bond acceptors (Lipinski definition) is 2. The second-order valence-electron chi connectivity index (χ2n) is 9.25. The number of nitrogens with zero attached hydrogens (tertiary/aromatic N) is 2. The van der Waals surface area contributed by atoms with E-state index in [1.165, 1.54) is 5.56 Å². The first-order valence-corrected chi connectivity index (χ1v) is 11.0. The van der Waals surface area contributed by atoms with E-state index in [1.807, 2.05) is 53.4 Å². The van der Waals surface area contributed by atoms with Gasteiger partial charge < -0.3 is 14.1 Å². The van der Waals surface area contributed by atoms with Gasteiger partial charge in [0.1, 0.15) is 17.5 Å². The minimum Gasteiger partial charge on any atom is -0.457 e. The van der Waals surface area contributed by atoms with E-state index in [9.17, 15) is 4.79 Å². The molecule has 1 saturated heterocycles.